The lowest BCUT2D eigenvalue weighted by Gasteiger charge is -2.24. The van der Waals surface area contributed by atoms with E-state index >= 15 is 0 Å². The van der Waals surface area contributed by atoms with Crippen molar-refractivity contribution in [3.8, 4) is 0 Å². The summed E-state index contributed by atoms with van der Waals surface area (Å²) in [6.07, 6.45) is 1.65. The number of hydrogen-bond acceptors (Lipinski definition) is 3. The van der Waals surface area contributed by atoms with Gasteiger partial charge in [-0.2, -0.15) is 0 Å². The smallest absolute Gasteiger partial charge is 0.310 e. The van der Waals surface area contributed by atoms with Crippen LogP contribution in [0.3, 0.4) is 0 Å². The number of hydrogen-bond donors (Lipinski definition) is 0. The van der Waals surface area contributed by atoms with Crippen LogP contribution in [0.5, 0.6) is 0 Å². The van der Waals surface area contributed by atoms with E-state index in [2.05, 4.69) is 6.58 Å². The van der Waals surface area contributed by atoms with E-state index in [4.69, 9.17) is 4.74 Å². The average molecular weight is 275 g/mol. The van der Waals surface area contributed by atoms with Gasteiger partial charge in [0.25, 0.3) is 5.91 Å². The van der Waals surface area contributed by atoms with Gasteiger partial charge in [-0.05, 0) is 18.6 Å². The lowest BCUT2D eigenvalue weighted by atomic mass is 10.1. The molecule has 108 valence electrons. The first-order valence-corrected chi connectivity index (χ1v) is 6.54. The molecule has 1 aromatic carbocycles. The van der Waals surface area contributed by atoms with Gasteiger partial charge in [0.05, 0.1) is 13.0 Å². The van der Waals surface area contributed by atoms with E-state index in [1.54, 1.807) is 24.0 Å². The number of ether oxygens (including phenoxy) is 1. The van der Waals surface area contributed by atoms with E-state index < -0.39 is 0 Å². The molecule has 1 amide bonds. The summed E-state index contributed by atoms with van der Waals surface area (Å²) in [6, 6.07) is 7.40. The molecule has 0 spiro atoms. The summed E-state index contributed by atoms with van der Waals surface area (Å²) in [4.78, 5) is 25.6. The Morgan fingerprint density at radius 3 is 2.60 bits per heavy atom. The summed E-state index contributed by atoms with van der Waals surface area (Å²) in [5.74, 6) is -0.789. The maximum atomic E-state index is 12.5. The molecule has 20 heavy (non-hydrogen) atoms. The first kappa shape index (κ1) is 16.0. The van der Waals surface area contributed by atoms with Gasteiger partial charge in [-0.3, -0.25) is 9.59 Å². The second kappa shape index (κ2) is 7.48. The zero-order valence-corrected chi connectivity index (χ0v) is 12.3. The molecular formula is C16H21NO3. The van der Waals surface area contributed by atoms with Gasteiger partial charge in [-0.25, -0.2) is 0 Å². The predicted molar refractivity (Wildman–Crippen MR) is 78.5 cm³/mol. The number of esters is 1. The third-order valence-electron chi connectivity index (χ3n) is 3.11. The van der Waals surface area contributed by atoms with Crippen LogP contribution in [0.2, 0.25) is 0 Å². The fraction of sp³-hybridized carbons (Fsp3) is 0.375. The largest absolute Gasteiger partial charge is 0.469 e. The highest BCUT2D eigenvalue weighted by Crippen LogP contribution is 2.12. The number of nitrogens with zero attached hydrogens (tertiary/aromatic N) is 1. The minimum Gasteiger partial charge on any atom is -0.469 e. The van der Waals surface area contributed by atoms with Crippen LogP contribution in [-0.2, 0) is 9.53 Å². The van der Waals surface area contributed by atoms with Crippen LogP contribution in [0.25, 0.3) is 0 Å². The highest BCUT2D eigenvalue weighted by molar-refractivity contribution is 5.96. The number of aryl methyl sites for hydroxylation is 1. The van der Waals surface area contributed by atoms with Crippen molar-refractivity contribution >= 4 is 11.9 Å². The van der Waals surface area contributed by atoms with Crippen molar-refractivity contribution in [2.24, 2.45) is 5.92 Å². The standard InChI is InChI=1S/C16H21NO3/c1-5-10-17(11-13(3)16(19)20-4)15(18)14-9-7-6-8-12(14)2/h5-9,13H,1,10-11H2,2-4H3. The normalized spacial score (nSPS) is 11.6. The summed E-state index contributed by atoms with van der Waals surface area (Å²) in [5, 5.41) is 0. The highest BCUT2D eigenvalue weighted by Gasteiger charge is 2.22. The molecule has 0 saturated carbocycles. The molecule has 1 atom stereocenters. The Balaban J connectivity index is 2.91. The predicted octanol–water partition coefficient (Wildman–Crippen LogP) is 2.43. The fourth-order valence-corrected chi connectivity index (χ4v) is 1.99. The Hall–Kier alpha value is -2.10. The van der Waals surface area contributed by atoms with Crippen molar-refractivity contribution in [3.63, 3.8) is 0 Å². The molecule has 0 radical (unpaired) electrons. The van der Waals surface area contributed by atoms with Crippen LogP contribution < -0.4 is 0 Å². The average Bonchev–Trinajstić information content (AvgIpc) is 2.45. The molecular weight excluding hydrogens is 254 g/mol. The van der Waals surface area contributed by atoms with Gasteiger partial charge in [0.15, 0.2) is 0 Å². The maximum absolute atomic E-state index is 12.5. The molecule has 0 aliphatic heterocycles. The van der Waals surface area contributed by atoms with Crippen molar-refractivity contribution in [1.82, 2.24) is 4.90 Å². The van der Waals surface area contributed by atoms with Gasteiger partial charge in [-0.1, -0.05) is 31.2 Å². The molecule has 0 N–H and O–H groups in total. The number of carbonyl (C=O) groups is 2. The van der Waals surface area contributed by atoms with E-state index in [1.807, 2.05) is 25.1 Å². The molecule has 1 unspecified atom stereocenters. The van der Waals surface area contributed by atoms with E-state index in [0.29, 0.717) is 18.7 Å². The number of methoxy groups -OCH3 is 1. The summed E-state index contributed by atoms with van der Waals surface area (Å²) < 4.78 is 4.70. The van der Waals surface area contributed by atoms with Crippen molar-refractivity contribution in [2.75, 3.05) is 20.2 Å². The molecule has 1 aromatic rings. The van der Waals surface area contributed by atoms with Gasteiger partial charge < -0.3 is 9.64 Å². The van der Waals surface area contributed by atoms with Crippen LogP contribution in [0.15, 0.2) is 36.9 Å². The molecule has 0 bridgehead atoms. The number of rotatable bonds is 6. The van der Waals surface area contributed by atoms with Crippen LogP contribution in [0.4, 0.5) is 0 Å². The van der Waals surface area contributed by atoms with Gasteiger partial charge in [0.2, 0.25) is 0 Å². The molecule has 0 heterocycles. The Labute approximate surface area is 120 Å². The lowest BCUT2D eigenvalue weighted by molar-refractivity contribution is -0.145. The molecule has 4 heteroatoms. The van der Waals surface area contributed by atoms with Crippen LogP contribution in [0, 0.1) is 12.8 Å². The summed E-state index contributed by atoms with van der Waals surface area (Å²) >= 11 is 0. The highest BCUT2D eigenvalue weighted by atomic mass is 16.5. The topological polar surface area (TPSA) is 46.6 Å². The molecule has 0 saturated heterocycles. The fourth-order valence-electron chi connectivity index (χ4n) is 1.99. The third-order valence-corrected chi connectivity index (χ3v) is 3.11. The van der Waals surface area contributed by atoms with Gasteiger partial charge in [0.1, 0.15) is 0 Å². The Morgan fingerprint density at radius 1 is 1.40 bits per heavy atom. The van der Waals surface area contributed by atoms with E-state index in [-0.39, 0.29) is 17.8 Å². The second-order valence-electron chi connectivity index (χ2n) is 4.74. The lowest BCUT2D eigenvalue weighted by Crippen LogP contribution is -2.37. The van der Waals surface area contributed by atoms with E-state index in [0.717, 1.165) is 5.56 Å². The summed E-state index contributed by atoms with van der Waals surface area (Å²) in [7, 11) is 1.35. The SMILES string of the molecule is C=CCN(CC(C)C(=O)OC)C(=O)c1ccccc1C. The molecule has 4 nitrogen and oxygen atoms in total. The zero-order valence-electron chi connectivity index (χ0n) is 12.3. The minimum atomic E-state index is -0.368. The molecule has 0 aliphatic rings. The Bertz CT molecular complexity index is 496. The second-order valence-corrected chi connectivity index (χ2v) is 4.74. The Kier molecular flexibility index (Phi) is 5.97. The van der Waals surface area contributed by atoms with Crippen molar-refractivity contribution in [1.29, 1.82) is 0 Å². The van der Waals surface area contributed by atoms with Crippen molar-refractivity contribution < 1.29 is 14.3 Å². The van der Waals surface area contributed by atoms with Gasteiger partial charge in [-0.15, -0.1) is 6.58 Å². The van der Waals surface area contributed by atoms with Crippen LogP contribution in [-0.4, -0.2) is 37.0 Å². The molecule has 0 aliphatic carbocycles. The summed E-state index contributed by atoms with van der Waals surface area (Å²) in [5.41, 5.74) is 1.56. The van der Waals surface area contributed by atoms with Crippen LogP contribution in [0.1, 0.15) is 22.8 Å². The third kappa shape index (κ3) is 3.95. The first-order chi connectivity index (χ1) is 9.51. The van der Waals surface area contributed by atoms with Crippen molar-refractivity contribution in [3.05, 3.63) is 48.0 Å². The number of amides is 1. The molecule has 0 fully saturated rings. The van der Waals surface area contributed by atoms with Gasteiger partial charge >= 0.3 is 5.97 Å². The van der Waals surface area contributed by atoms with E-state index in [1.165, 1.54) is 7.11 Å². The minimum absolute atomic E-state index is 0.0984. The quantitative estimate of drug-likeness (QED) is 0.591. The van der Waals surface area contributed by atoms with E-state index in [9.17, 15) is 9.59 Å². The maximum Gasteiger partial charge on any atom is 0.310 e. The number of benzene rings is 1. The molecule has 1 rings (SSSR count). The number of carbonyl (C=O) groups excluding carboxylic acids is 2. The zero-order chi connectivity index (χ0) is 15.1. The summed E-state index contributed by atoms with van der Waals surface area (Å²) in [6.45, 7) is 8.00. The Morgan fingerprint density at radius 2 is 2.05 bits per heavy atom. The molecule has 0 aromatic heterocycles. The van der Waals surface area contributed by atoms with Crippen molar-refractivity contribution in [2.45, 2.75) is 13.8 Å². The van der Waals surface area contributed by atoms with Crippen LogP contribution >= 0.6 is 0 Å². The van der Waals surface area contributed by atoms with Gasteiger partial charge in [0, 0.05) is 18.7 Å². The first-order valence-electron chi connectivity index (χ1n) is 6.54. The monoisotopic (exact) mass is 275 g/mol.